The summed E-state index contributed by atoms with van der Waals surface area (Å²) in [7, 11) is 1.48. The molecule has 0 saturated carbocycles. The van der Waals surface area contributed by atoms with E-state index < -0.39 is 0 Å². The van der Waals surface area contributed by atoms with Gasteiger partial charge in [0.15, 0.2) is 11.5 Å². The summed E-state index contributed by atoms with van der Waals surface area (Å²) in [6, 6.07) is 8.17. The Balaban J connectivity index is 1.91. The van der Waals surface area contributed by atoms with Gasteiger partial charge in [-0.15, -0.1) is 0 Å². The Morgan fingerprint density at radius 2 is 2.09 bits per heavy atom. The van der Waals surface area contributed by atoms with Gasteiger partial charge in [0.1, 0.15) is 0 Å². The van der Waals surface area contributed by atoms with Crippen LogP contribution in [0.5, 0.6) is 11.5 Å². The molecule has 0 aliphatic carbocycles. The van der Waals surface area contributed by atoms with Crippen molar-refractivity contribution in [3.8, 4) is 11.5 Å². The van der Waals surface area contributed by atoms with Gasteiger partial charge in [-0.1, -0.05) is 12.1 Å². The van der Waals surface area contributed by atoms with E-state index >= 15 is 0 Å². The zero-order chi connectivity index (χ0) is 15.8. The Morgan fingerprint density at radius 1 is 1.32 bits per heavy atom. The smallest absolute Gasteiger partial charge is 0.271 e. The average molecular weight is 297 g/mol. The van der Waals surface area contributed by atoms with Gasteiger partial charge in [-0.25, -0.2) is 5.43 Å². The first-order valence-electron chi connectivity index (χ1n) is 6.48. The third-order valence-corrected chi connectivity index (χ3v) is 2.76. The van der Waals surface area contributed by atoms with Crippen molar-refractivity contribution >= 4 is 18.2 Å². The van der Waals surface area contributed by atoms with Crippen molar-refractivity contribution in [2.45, 2.75) is 0 Å². The summed E-state index contributed by atoms with van der Waals surface area (Å²) >= 11 is 0. The van der Waals surface area contributed by atoms with Gasteiger partial charge in [0.2, 0.25) is 0 Å². The number of hydrazone groups is 1. The molecule has 0 unspecified atom stereocenters. The van der Waals surface area contributed by atoms with E-state index in [1.807, 2.05) is 0 Å². The van der Waals surface area contributed by atoms with E-state index in [1.165, 1.54) is 25.7 Å². The number of methoxy groups -OCH3 is 1. The Labute approximate surface area is 127 Å². The van der Waals surface area contributed by atoms with Gasteiger partial charge in [-0.2, -0.15) is 5.10 Å². The number of nitrogens with zero attached hydrogens (tertiary/aromatic N) is 2. The van der Waals surface area contributed by atoms with Crippen molar-refractivity contribution in [1.29, 1.82) is 0 Å². The number of aromatic nitrogens is 1. The lowest BCUT2D eigenvalue weighted by molar-refractivity contribution is 0.0955. The van der Waals surface area contributed by atoms with Gasteiger partial charge < -0.3 is 9.84 Å². The summed E-state index contributed by atoms with van der Waals surface area (Å²) in [5.74, 6) is 0.168. The zero-order valence-electron chi connectivity index (χ0n) is 11.9. The van der Waals surface area contributed by atoms with Crippen molar-refractivity contribution in [3.63, 3.8) is 0 Å². The first kappa shape index (κ1) is 15.2. The standard InChI is InChI=1S/C16H15N3O3/c1-22-15-11-12(4-5-14(15)20)3-2-8-18-19-16(21)13-6-9-17-10-7-13/h2-11,20H,1H3,(H,19,21)/b3-2+,18-8+. The minimum Gasteiger partial charge on any atom is -0.504 e. The first-order valence-corrected chi connectivity index (χ1v) is 6.48. The third kappa shape index (κ3) is 4.17. The summed E-state index contributed by atoms with van der Waals surface area (Å²) in [5, 5.41) is 13.3. The molecule has 0 spiro atoms. The number of pyridine rings is 1. The van der Waals surface area contributed by atoms with Gasteiger partial charge in [-0.05, 0) is 35.9 Å². The molecule has 6 heteroatoms. The molecule has 1 aromatic heterocycles. The molecule has 112 valence electrons. The Morgan fingerprint density at radius 3 is 2.82 bits per heavy atom. The number of hydrogen-bond donors (Lipinski definition) is 2. The van der Waals surface area contributed by atoms with Crippen LogP contribution >= 0.6 is 0 Å². The number of ether oxygens (including phenoxy) is 1. The van der Waals surface area contributed by atoms with Crippen molar-refractivity contribution in [3.05, 3.63) is 59.9 Å². The number of nitrogens with one attached hydrogen (secondary N) is 1. The molecule has 2 rings (SSSR count). The molecule has 0 aliphatic rings. The molecule has 0 aliphatic heterocycles. The maximum absolute atomic E-state index is 11.7. The molecule has 1 heterocycles. The summed E-state index contributed by atoms with van der Waals surface area (Å²) in [6.07, 6.45) is 7.97. The number of benzene rings is 1. The molecule has 2 N–H and O–H groups in total. The number of rotatable bonds is 5. The average Bonchev–Trinajstić information content (AvgIpc) is 2.56. The lowest BCUT2D eigenvalue weighted by atomic mass is 10.2. The highest BCUT2D eigenvalue weighted by atomic mass is 16.5. The summed E-state index contributed by atoms with van der Waals surface area (Å²) in [6.45, 7) is 0. The van der Waals surface area contributed by atoms with E-state index in [4.69, 9.17) is 4.74 Å². The Hall–Kier alpha value is -3.15. The van der Waals surface area contributed by atoms with E-state index in [1.54, 1.807) is 42.5 Å². The highest BCUT2D eigenvalue weighted by molar-refractivity contribution is 5.94. The van der Waals surface area contributed by atoms with Crippen LogP contribution in [0.25, 0.3) is 6.08 Å². The monoisotopic (exact) mass is 297 g/mol. The van der Waals surface area contributed by atoms with Crippen LogP contribution in [0.4, 0.5) is 0 Å². The SMILES string of the molecule is COc1cc(/C=C/C=N/NC(=O)c2ccncc2)ccc1O. The number of carbonyl (C=O) groups excluding carboxylic acids is 1. The summed E-state index contributed by atoms with van der Waals surface area (Å²) in [4.78, 5) is 15.5. The highest BCUT2D eigenvalue weighted by Gasteiger charge is 2.01. The molecule has 22 heavy (non-hydrogen) atoms. The van der Waals surface area contributed by atoms with Crippen LogP contribution in [0.2, 0.25) is 0 Å². The number of allylic oxidation sites excluding steroid dienone is 1. The molecule has 0 atom stereocenters. The van der Waals surface area contributed by atoms with E-state index in [-0.39, 0.29) is 11.7 Å². The summed E-state index contributed by atoms with van der Waals surface area (Å²) in [5.41, 5.74) is 3.72. The number of amides is 1. The quantitative estimate of drug-likeness (QED) is 0.654. The molecular formula is C16H15N3O3. The third-order valence-electron chi connectivity index (χ3n) is 2.76. The molecular weight excluding hydrogens is 282 g/mol. The predicted octanol–water partition coefficient (Wildman–Crippen LogP) is 2.22. The molecule has 1 aromatic carbocycles. The van der Waals surface area contributed by atoms with E-state index in [2.05, 4.69) is 15.5 Å². The molecule has 2 aromatic rings. The molecule has 0 fully saturated rings. The topological polar surface area (TPSA) is 83.8 Å². The number of hydrogen-bond acceptors (Lipinski definition) is 5. The Bertz CT molecular complexity index is 697. The van der Waals surface area contributed by atoms with Gasteiger partial charge >= 0.3 is 0 Å². The lowest BCUT2D eigenvalue weighted by Gasteiger charge is -2.03. The van der Waals surface area contributed by atoms with Gasteiger partial charge in [-0.3, -0.25) is 9.78 Å². The summed E-state index contributed by atoms with van der Waals surface area (Å²) < 4.78 is 5.01. The van der Waals surface area contributed by atoms with Crippen LogP contribution in [0.1, 0.15) is 15.9 Å². The minimum absolute atomic E-state index is 0.0814. The van der Waals surface area contributed by atoms with Crippen molar-refractivity contribution < 1.29 is 14.6 Å². The number of phenols is 1. The van der Waals surface area contributed by atoms with Crippen molar-refractivity contribution in [2.75, 3.05) is 7.11 Å². The normalized spacial score (nSPS) is 11.0. The predicted molar refractivity (Wildman–Crippen MR) is 83.9 cm³/mol. The Kier molecular flexibility index (Phi) is 5.25. The van der Waals surface area contributed by atoms with Gasteiger partial charge in [0, 0.05) is 24.2 Å². The molecule has 0 radical (unpaired) electrons. The molecule has 1 amide bonds. The lowest BCUT2D eigenvalue weighted by Crippen LogP contribution is -2.17. The molecule has 0 bridgehead atoms. The second-order valence-electron chi connectivity index (χ2n) is 4.25. The second kappa shape index (κ2) is 7.58. The van der Waals surface area contributed by atoms with Crippen LogP contribution in [0.15, 0.2) is 53.9 Å². The van der Waals surface area contributed by atoms with E-state index in [9.17, 15) is 9.90 Å². The number of carbonyl (C=O) groups is 1. The van der Waals surface area contributed by atoms with Crippen molar-refractivity contribution in [2.24, 2.45) is 5.10 Å². The van der Waals surface area contributed by atoms with Crippen LogP contribution in [-0.2, 0) is 0 Å². The molecule has 6 nitrogen and oxygen atoms in total. The van der Waals surface area contributed by atoms with Gasteiger partial charge in [0.05, 0.1) is 7.11 Å². The second-order valence-corrected chi connectivity index (χ2v) is 4.25. The zero-order valence-corrected chi connectivity index (χ0v) is 11.9. The maximum Gasteiger partial charge on any atom is 0.271 e. The van der Waals surface area contributed by atoms with E-state index in [0.29, 0.717) is 11.3 Å². The fourth-order valence-corrected chi connectivity index (χ4v) is 1.66. The largest absolute Gasteiger partial charge is 0.504 e. The van der Waals surface area contributed by atoms with Crippen LogP contribution in [0.3, 0.4) is 0 Å². The first-order chi connectivity index (χ1) is 10.7. The van der Waals surface area contributed by atoms with Crippen LogP contribution in [-0.4, -0.2) is 29.3 Å². The fourth-order valence-electron chi connectivity index (χ4n) is 1.66. The highest BCUT2D eigenvalue weighted by Crippen LogP contribution is 2.26. The maximum atomic E-state index is 11.7. The van der Waals surface area contributed by atoms with Gasteiger partial charge in [0.25, 0.3) is 5.91 Å². The van der Waals surface area contributed by atoms with E-state index in [0.717, 1.165) is 5.56 Å². The molecule has 0 saturated heterocycles. The van der Waals surface area contributed by atoms with Crippen LogP contribution < -0.4 is 10.2 Å². The van der Waals surface area contributed by atoms with Crippen molar-refractivity contribution in [1.82, 2.24) is 10.4 Å². The minimum atomic E-state index is -0.307. The number of phenolic OH excluding ortho intramolecular Hbond substituents is 1. The van der Waals surface area contributed by atoms with Crippen LogP contribution in [0, 0.1) is 0 Å². The number of aromatic hydroxyl groups is 1. The fraction of sp³-hybridized carbons (Fsp3) is 0.0625.